The lowest BCUT2D eigenvalue weighted by Gasteiger charge is -1.96. The molecule has 0 fully saturated rings. The van der Waals surface area contributed by atoms with Gasteiger partial charge >= 0.3 is 0 Å². The summed E-state index contributed by atoms with van der Waals surface area (Å²) in [6, 6.07) is 5.34. The molecule has 3 heteroatoms. The van der Waals surface area contributed by atoms with Crippen LogP contribution in [-0.4, -0.2) is 15.0 Å². The second kappa shape index (κ2) is 3.09. The van der Waals surface area contributed by atoms with Crippen molar-refractivity contribution in [2.24, 2.45) is 0 Å². The Balaban J connectivity index is 2.48. The van der Waals surface area contributed by atoms with Crippen LogP contribution in [0.4, 0.5) is 0 Å². The van der Waals surface area contributed by atoms with E-state index in [2.05, 4.69) is 15.0 Å². The molecule has 0 bridgehead atoms. The minimum atomic E-state index is 0.217. The Morgan fingerprint density at radius 3 is 3.00 bits per heavy atom. The van der Waals surface area contributed by atoms with E-state index in [1.807, 2.05) is 12.1 Å². The lowest BCUT2D eigenvalue weighted by molar-refractivity contribution is 1.17. The Morgan fingerprint density at radius 2 is 2.25 bits per heavy atom. The molecule has 0 aliphatic rings. The summed E-state index contributed by atoms with van der Waals surface area (Å²) in [5.74, 6) is 0. The average Bonchev–Trinajstić information content (AvgIpc) is 2.19. The van der Waals surface area contributed by atoms with E-state index >= 15 is 0 Å². The quantitative estimate of drug-likeness (QED) is 0.631. The molecule has 0 aliphatic carbocycles. The molecule has 3 nitrogen and oxygen atoms in total. The van der Waals surface area contributed by atoms with Crippen molar-refractivity contribution in [2.45, 2.75) is 0 Å². The Bertz CT molecular complexity index is 403. The van der Waals surface area contributed by atoms with Crippen LogP contribution in [0.15, 0.2) is 43.1 Å². The molecule has 2 aromatic rings. The highest BCUT2D eigenvalue weighted by molar-refractivity contribution is 5.56. The van der Waals surface area contributed by atoms with Crippen molar-refractivity contribution in [3.05, 3.63) is 43.1 Å². The molecule has 0 spiro atoms. The maximum Gasteiger partial charge on any atom is 0.116 e. The zero-order chi connectivity index (χ0) is 9.10. The number of pyridine rings is 1. The van der Waals surface area contributed by atoms with Crippen LogP contribution in [0.25, 0.3) is 11.3 Å². The smallest absolute Gasteiger partial charge is 0.116 e. The molecule has 2 rings (SSSR count). The monoisotopic (exact) mass is 158 g/mol. The SMILES string of the molecule is [2H]c1cc(-c2cccnc2)ncn1. The van der Waals surface area contributed by atoms with Crippen molar-refractivity contribution in [2.75, 3.05) is 0 Å². The first kappa shape index (κ1) is 5.83. The highest BCUT2D eigenvalue weighted by Gasteiger charge is 1.94. The first-order chi connectivity index (χ1) is 6.36. The summed E-state index contributed by atoms with van der Waals surface area (Å²) in [7, 11) is 0. The van der Waals surface area contributed by atoms with Gasteiger partial charge in [0.2, 0.25) is 0 Å². The molecular formula is C9H7N3. The Morgan fingerprint density at radius 1 is 1.25 bits per heavy atom. The van der Waals surface area contributed by atoms with Gasteiger partial charge in [0.1, 0.15) is 6.33 Å². The van der Waals surface area contributed by atoms with Crippen LogP contribution in [0, 0.1) is 0 Å². The van der Waals surface area contributed by atoms with Crippen molar-refractivity contribution < 1.29 is 1.37 Å². The predicted molar refractivity (Wildman–Crippen MR) is 45.3 cm³/mol. The minimum Gasteiger partial charge on any atom is -0.264 e. The predicted octanol–water partition coefficient (Wildman–Crippen LogP) is 1.54. The summed E-state index contributed by atoms with van der Waals surface area (Å²) in [5.41, 5.74) is 1.63. The lowest BCUT2D eigenvalue weighted by Crippen LogP contribution is -1.83. The second-order valence-corrected chi connectivity index (χ2v) is 2.27. The third kappa shape index (κ3) is 1.29. The number of hydrogen-bond acceptors (Lipinski definition) is 3. The number of aromatic nitrogens is 3. The molecule has 12 heavy (non-hydrogen) atoms. The van der Waals surface area contributed by atoms with E-state index < -0.39 is 0 Å². The van der Waals surface area contributed by atoms with Crippen LogP contribution in [0.2, 0.25) is 0 Å². The van der Waals surface area contributed by atoms with Gasteiger partial charge in [0, 0.05) is 24.1 Å². The van der Waals surface area contributed by atoms with Crippen LogP contribution in [0.3, 0.4) is 0 Å². The van der Waals surface area contributed by atoms with Crippen molar-refractivity contribution >= 4 is 0 Å². The standard InChI is InChI=1S/C9H7N3/c1-2-8(6-10-4-1)9-3-5-11-7-12-9/h1-7H/i5D. The van der Waals surface area contributed by atoms with E-state index in [1.165, 1.54) is 6.33 Å². The summed E-state index contributed by atoms with van der Waals surface area (Å²) in [5, 5.41) is 0. The van der Waals surface area contributed by atoms with Crippen molar-refractivity contribution in [1.29, 1.82) is 0 Å². The van der Waals surface area contributed by atoms with E-state index in [0.717, 1.165) is 11.3 Å². The van der Waals surface area contributed by atoms with Gasteiger partial charge in [-0.05, 0) is 18.2 Å². The first-order valence-corrected chi connectivity index (χ1v) is 3.55. The van der Waals surface area contributed by atoms with Crippen LogP contribution in [0.1, 0.15) is 1.37 Å². The molecule has 0 N–H and O–H groups in total. The molecule has 0 saturated heterocycles. The second-order valence-electron chi connectivity index (χ2n) is 2.27. The Hall–Kier alpha value is -1.77. The molecule has 0 radical (unpaired) electrons. The molecule has 2 aromatic heterocycles. The lowest BCUT2D eigenvalue weighted by atomic mass is 10.2. The maximum atomic E-state index is 7.31. The highest BCUT2D eigenvalue weighted by atomic mass is 14.8. The van der Waals surface area contributed by atoms with Crippen molar-refractivity contribution in [3.63, 3.8) is 0 Å². The summed E-state index contributed by atoms with van der Waals surface area (Å²) in [6.07, 6.45) is 5.01. The summed E-state index contributed by atoms with van der Waals surface area (Å²) in [4.78, 5) is 11.7. The number of hydrogen-bond donors (Lipinski definition) is 0. The normalized spacial score (nSPS) is 10.8. The van der Waals surface area contributed by atoms with Gasteiger partial charge in [-0.2, -0.15) is 0 Å². The molecule has 0 saturated carbocycles. The molecule has 58 valence electrons. The van der Waals surface area contributed by atoms with E-state index in [4.69, 9.17) is 1.37 Å². The zero-order valence-electron chi connectivity index (χ0n) is 7.31. The fraction of sp³-hybridized carbons (Fsp3) is 0. The van der Waals surface area contributed by atoms with Gasteiger partial charge in [0.25, 0.3) is 0 Å². The molecule has 0 unspecified atom stereocenters. The van der Waals surface area contributed by atoms with E-state index in [1.54, 1.807) is 18.5 Å². The Labute approximate surface area is 71.6 Å². The number of nitrogens with zero attached hydrogens (tertiary/aromatic N) is 3. The maximum absolute atomic E-state index is 7.31. The van der Waals surface area contributed by atoms with Gasteiger partial charge < -0.3 is 0 Å². The average molecular weight is 158 g/mol. The molecule has 0 aliphatic heterocycles. The Kier molecular flexibility index (Phi) is 1.50. The summed E-state index contributed by atoms with van der Waals surface area (Å²) >= 11 is 0. The van der Waals surface area contributed by atoms with Gasteiger partial charge in [-0.1, -0.05) is 0 Å². The van der Waals surface area contributed by atoms with Gasteiger partial charge in [-0.25, -0.2) is 9.97 Å². The zero-order valence-corrected chi connectivity index (χ0v) is 6.31. The van der Waals surface area contributed by atoms with Crippen LogP contribution in [0.5, 0.6) is 0 Å². The van der Waals surface area contributed by atoms with Gasteiger partial charge in [-0.15, -0.1) is 0 Å². The molecule has 0 aromatic carbocycles. The molecule has 0 amide bonds. The minimum absolute atomic E-state index is 0.217. The highest BCUT2D eigenvalue weighted by Crippen LogP contribution is 2.12. The number of rotatable bonds is 1. The van der Waals surface area contributed by atoms with E-state index in [9.17, 15) is 0 Å². The van der Waals surface area contributed by atoms with Crippen LogP contribution < -0.4 is 0 Å². The molecule has 0 atom stereocenters. The first-order valence-electron chi connectivity index (χ1n) is 4.05. The van der Waals surface area contributed by atoms with Crippen molar-refractivity contribution in [3.8, 4) is 11.3 Å². The van der Waals surface area contributed by atoms with Gasteiger partial charge in [0.05, 0.1) is 7.06 Å². The van der Waals surface area contributed by atoms with Crippen LogP contribution >= 0.6 is 0 Å². The molecule has 2 heterocycles. The van der Waals surface area contributed by atoms with Crippen molar-refractivity contribution in [1.82, 2.24) is 15.0 Å². The summed E-state index contributed by atoms with van der Waals surface area (Å²) in [6.45, 7) is 0. The summed E-state index contributed by atoms with van der Waals surface area (Å²) < 4.78 is 7.31. The van der Waals surface area contributed by atoms with E-state index in [-0.39, 0.29) is 6.17 Å². The molecular weight excluding hydrogens is 150 g/mol. The third-order valence-electron chi connectivity index (χ3n) is 1.49. The van der Waals surface area contributed by atoms with Gasteiger partial charge in [-0.3, -0.25) is 4.98 Å². The van der Waals surface area contributed by atoms with Gasteiger partial charge in [0.15, 0.2) is 0 Å². The topological polar surface area (TPSA) is 38.7 Å². The fourth-order valence-corrected chi connectivity index (χ4v) is 0.932. The van der Waals surface area contributed by atoms with Crippen LogP contribution in [-0.2, 0) is 0 Å². The van der Waals surface area contributed by atoms with E-state index in [0.29, 0.717) is 0 Å². The fourth-order valence-electron chi connectivity index (χ4n) is 0.932. The third-order valence-corrected chi connectivity index (χ3v) is 1.49. The largest absolute Gasteiger partial charge is 0.264 e.